The number of allylic oxidation sites excluding steroid dienone is 1. The van der Waals surface area contributed by atoms with Crippen LogP contribution in [0, 0.1) is 29.2 Å². The standard InChI is InChI=1S/C25H21F11O2/c1-2-3-12-4-6-13(7-5-12)14-8-16(26)20(17(27)9-14)25(35,36)38-15-10-18(28)21(19(29)11-15)37-23(31)22(30)24(32,33)34/h8-13H,2-7H2,1H3. The van der Waals surface area contributed by atoms with Crippen LogP contribution in [0.15, 0.2) is 36.1 Å². The lowest BCUT2D eigenvalue weighted by Crippen LogP contribution is -2.26. The van der Waals surface area contributed by atoms with Crippen molar-refractivity contribution >= 4 is 0 Å². The van der Waals surface area contributed by atoms with Crippen molar-refractivity contribution < 1.29 is 57.8 Å². The van der Waals surface area contributed by atoms with Crippen molar-refractivity contribution in [2.24, 2.45) is 5.92 Å². The summed E-state index contributed by atoms with van der Waals surface area (Å²) in [5, 5.41) is 0. The monoisotopic (exact) mass is 562 g/mol. The average Bonchev–Trinajstić information content (AvgIpc) is 2.80. The van der Waals surface area contributed by atoms with E-state index in [4.69, 9.17) is 0 Å². The minimum absolute atomic E-state index is 0.0793. The lowest BCUT2D eigenvalue weighted by Gasteiger charge is -2.29. The molecule has 0 aliphatic heterocycles. The third-order valence-electron chi connectivity index (χ3n) is 6.20. The Morgan fingerprint density at radius 2 is 1.34 bits per heavy atom. The Balaban J connectivity index is 1.82. The summed E-state index contributed by atoms with van der Waals surface area (Å²) in [6, 6.07) is -1.72. The minimum Gasteiger partial charge on any atom is -0.429 e. The van der Waals surface area contributed by atoms with E-state index in [0.717, 1.165) is 37.8 Å². The quantitative estimate of drug-likeness (QED) is 0.236. The molecule has 2 nitrogen and oxygen atoms in total. The van der Waals surface area contributed by atoms with Crippen LogP contribution in [0.4, 0.5) is 48.3 Å². The first-order chi connectivity index (χ1) is 17.6. The molecule has 0 saturated heterocycles. The average molecular weight is 562 g/mol. The van der Waals surface area contributed by atoms with Gasteiger partial charge >= 0.3 is 18.3 Å². The first kappa shape index (κ1) is 29.6. The fourth-order valence-corrected chi connectivity index (χ4v) is 4.44. The summed E-state index contributed by atoms with van der Waals surface area (Å²) >= 11 is 0. The Labute approximate surface area is 210 Å². The summed E-state index contributed by atoms with van der Waals surface area (Å²) in [6.07, 6.45) is -5.79. The van der Waals surface area contributed by atoms with E-state index in [-0.39, 0.29) is 23.6 Å². The molecule has 1 fully saturated rings. The van der Waals surface area contributed by atoms with Crippen LogP contribution in [-0.2, 0) is 6.11 Å². The number of alkyl halides is 5. The van der Waals surface area contributed by atoms with Gasteiger partial charge in [-0.05, 0) is 55.2 Å². The SMILES string of the molecule is CCCC1CCC(c2cc(F)c(C(F)(F)Oc3cc(F)c(OC(F)=C(F)C(F)(F)F)c(F)c3)c(F)c2)CC1. The molecule has 3 rings (SSSR count). The molecule has 2 aromatic carbocycles. The lowest BCUT2D eigenvalue weighted by atomic mass is 9.77. The van der Waals surface area contributed by atoms with Gasteiger partial charge in [0.05, 0.1) is 0 Å². The fourth-order valence-electron chi connectivity index (χ4n) is 4.44. The second kappa shape index (κ2) is 11.4. The van der Waals surface area contributed by atoms with Gasteiger partial charge in [-0.3, -0.25) is 0 Å². The Hall–Kier alpha value is -2.99. The van der Waals surface area contributed by atoms with E-state index in [1.54, 1.807) is 0 Å². The number of benzene rings is 2. The minimum atomic E-state index is -5.87. The molecule has 0 radical (unpaired) electrons. The predicted octanol–water partition coefficient (Wildman–Crippen LogP) is 9.49. The van der Waals surface area contributed by atoms with Gasteiger partial charge in [0.1, 0.15) is 22.9 Å². The van der Waals surface area contributed by atoms with E-state index in [1.807, 2.05) is 6.92 Å². The molecule has 0 amide bonds. The Bertz CT molecular complexity index is 1140. The second-order valence-corrected chi connectivity index (χ2v) is 8.89. The third kappa shape index (κ3) is 6.71. The van der Waals surface area contributed by atoms with Crippen molar-refractivity contribution in [3.05, 3.63) is 70.5 Å². The summed E-state index contributed by atoms with van der Waals surface area (Å²) in [5.41, 5.74) is -1.67. The smallest absolute Gasteiger partial charge is 0.429 e. The molecule has 0 N–H and O–H groups in total. The largest absolute Gasteiger partial charge is 0.449 e. The lowest BCUT2D eigenvalue weighted by molar-refractivity contribution is -0.189. The predicted molar refractivity (Wildman–Crippen MR) is 113 cm³/mol. The molecular formula is C25H21F11O2. The molecule has 1 aliphatic rings. The van der Waals surface area contributed by atoms with Crippen molar-refractivity contribution in [1.29, 1.82) is 0 Å². The fraction of sp³-hybridized carbons (Fsp3) is 0.440. The first-order valence-electron chi connectivity index (χ1n) is 11.5. The Kier molecular flexibility index (Phi) is 8.87. The molecule has 0 unspecified atom stereocenters. The maximum Gasteiger partial charge on any atom is 0.449 e. The summed E-state index contributed by atoms with van der Waals surface area (Å²) in [7, 11) is 0. The summed E-state index contributed by atoms with van der Waals surface area (Å²) in [5.74, 6) is -14.0. The van der Waals surface area contributed by atoms with Crippen LogP contribution in [0.5, 0.6) is 11.5 Å². The third-order valence-corrected chi connectivity index (χ3v) is 6.20. The highest BCUT2D eigenvalue weighted by molar-refractivity contribution is 5.37. The van der Waals surface area contributed by atoms with Crippen LogP contribution in [0.1, 0.15) is 62.5 Å². The first-order valence-corrected chi connectivity index (χ1v) is 11.5. The van der Waals surface area contributed by atoms with E-state index in [1.165, 1.54) is 0 Å². The van der Waals surface area contributed by atoms with Crippen LogP contribution in [0.25, 0.3) is 0 Å². The molecule has 38 heavy (non-hydrogen) atoms. The highest BCUT2D eigenvalue weighted by atomic mass is 19.4. The van der Waals surface area contributed by atoms with Gasteiger partial charge in [0.15, 0.2) is 11.6 Å². The number of hydrogen-bond donors (Lipinski definition) is 0. The highest BCUT2D eigenvalue weighted by Crippen LogP contribution is 2.42. The topological polar surface area (TPSA) is 18.5 Å². The second-order valence-electron chi connectivity index (χ2n) is 8.89. The van der Waals surface area contributed by atoms with Crippen LogP contribution in [0.2, 0.25) is 0 Å². The van der Waals surface area contributed by atoms with Gasteiger partial charge in [-0.15, -0.1) is 0 Å². The molecule has 210 valence electrons. The maximum absolute atomic E-state index is 14.7. The van der Waals surface area contributed by atoms with Crippen LogP contribution < -0.4 is 9.47 Å². The molecule has 1 aliphatic carbocycles. The van der Waals surface area contributed by atoms with Gasteiger partial charge in [-0.2, -0.15) is 30.7 Å². The molecule has 0 spiro atoms. The molecule has 0 bridgehead atoms. The van der Waals surface area contributed by atoms with Crippen LogP contribution in [0.3, 0.4) is 0 Å². The molecule has 13 heteroatoms. The van der Waals surface area contributed by atoms with E-state index in [2.05, 4.69) is 9.47 Å². The Morgan fingerprint density at radius 1 is 0.816 bits per heavy atom. The van der Waals surface area contributed by atoms with E-state index in [0.29, 0.717) is 18.8 Å². The van der Waals surface area contributed by atoms with Crippen molar-refractivity contribution in [1.82, 2.24) is 0 Å². The van der Waals surface area contributed by atoms with Gasteiger partial charge in [-0.1, -0.05) is 19.8 Å². The maximum atomic E-state index is 14.7. The number of rotatable bonds is 8. The molecular weight excluding hydrogens is 541 g/mol. The molecule has 0 aromatic heterocycles. The molecule has 2 aromatic rings. The number of hydrogen-bond acceptors (Lipinski definition) is 2. The summed E-state index contributed by atoms with van der Waals surface area (Å²) in [4.78, 5) is 0. The van der Waals surface area contributed by atoms with E-state index in [9.17, 15) is 48.3 Å². The molecule has 0 atom stereocenters. The zero-order valence-electron chi connectivity index (χ0n) is 19.7. The van der Waals surface area contributed by atoms with Gasteiger partial charge in [0.25, 0.3) is 5.83 Å². The summed E-state index contributed by atoms with van der Waals surface area (Å²) in [6.45, 7) is 2.04. The summed E-state index contributed by atoms with van der Waals surface area (Å²) < 4.78 is 157. The van der Waals surface area contributed by atoms with E-state index < -0.39 is 64.5 Å². The van der Waals surface area contributed by atoms with Gasteiger partial charge in [0, 0.05) is 12.1 Å². The highest BCUT2D eigenvalue weighted by Gasteiger charge is 2.43. The van der Waals surface area contributed by atoms with E-state index >= 15 is 0 Å². The van der Waals surface area contributed by atoms with Gasteiger partial charge < -0.3 is 9.47 Å². The zero-order valence-corrected chi connectivity index (χ0v) is 19.7. The number of halogens is 11. The van der Waals surface area contributed by atoms with Gasteiger partial charge in [0.2, 0.25) is 5.75 Å². The van der Waals surface area contributed by atoms with Crippen molar-refractivity contribution in [2.45, 2.75) is 63.7 Å². The Morgan fingerprint density at radius 3 is 1.82 bits per heavy atom. The molecule has 0 heterocycles. The molecule has 1 saturated carbocycles. The van der Waals surface area contributed by atoms with Crippen molar-refractivity contribution in [3.63, 3.8) is 0 Å². The normalized spacial score (nSPS) is 19.3. The number of ether oxygens (including phenoxy) is 2. The zero-order chi connectivity index (χ0) is 28.4. The van der Waals surface area contributed by atoms with Crippen LogP contribution >= 0.6 is 0 Å². The van der Waals surface area contributed by atoms with Crippen molar-refractivity contribution in [2.75, 3.05) is 0 Å². The van der Waals surface area contributed by atoms with Crippen molar-refractivity contribution in [3.8, 4) is 11.5 Å². The van der Waals surface area contributed by atoms with Gasteiger partial charge in [-0.25, -0.2) is 17.6 Å². The van der Waals surface area contributed by atoms with Crippen LogP contribution in [-0.4, -0.2) is 6.18 Å².